The van der Waals surface area contributed by atoms with E-state index in [4.69, 9.17) is 14.2 Å². The minimum Gasteiger partial charge on any atom is -0.490 e. The number of thiophene rings is 1. The molecule has 0 saturated carbocycles. The first kappa shape index (κ1) is 23.6. The van der Waals surface area contributed by atoms with Gasteiger partial charge in [-0.15, -0.1) is 11.3 Å². The first-order valence-corrected chi connectivity index (χ1v) is 11.3. The lowest BCUT2D eigenvalue weighted by Crippen LogP contribution is -2.52. The van der Waals surface area contributed by atoms with Crippen molar-refractivity contribution in [2.75, 3.05) is 13.2 Å². The number of carbonyl (C=O) groups excluding carboxylic acids is 2. The zero-order valence-corrected chi connectivity index (χ0v) is 19.9. The van der Waals surface area contributed by atoms with Gasteiger partial charge in [0.1, 0.15) is 35.9 Å². The fraction of sp³-hybridized carbons (Fsp3) is 0.360. The lowest BCUT2D eigenvalue weighted by Gasteiger charge is -2.29. The first-order valence-electron chi connectivity index (χ1n) is 10.4. The number of nitrogens with one attached hydrogen (secondary N) is 1. The molecule has 0 aliphatic rings. The van der Waals surface area contributed by atoms with Crippen LogP contribution in [0.25, 0.3) is 10.1 Å². The van der Waals surface area contributed by atoms with Crippen LogP contribution in [0.1, 0.15) is 45.0 Å². The number of fused-ring (bicyclic) bond motifs is 1. The summed E-state index contributed by atoms with van der Waals surface area (Å²) in [6, 6.07) is 15.0. The van der Waals surface area contributed by atoms with Gasteiger partial charge in [-0.2, -0.15) is 0 Å². The van der Waals surface area contributed by atoms with E-state index in [1.165, 1.54) is 0 Å². The largest absolute Gasteiger partial charge is 0.490 e. The van der Waals surface area contributed by atoms with Crippen LogP contribution in [0.4, 0.5) is 0 Å². The van der Waals surface area contributed by atoms with Crippen LogP contribution in [-0.2, 0) is 9.53 Å². The van der Waals surface area contributed by atoms with Gasteiger partial charge in [-0.25, -0.2) is 4.79 Å². The van der Waals surface area contributed by atoms with Gasteiger partial charge in [-0.05, 0) is 70.3 Å². The predicted molar refractivity (Wildman–Crippen MR) is 127 cm³/mol. The van der Waals surface area contributed by atoms with Crippen molar-refractivity contribution in [3.05, 3.63) is 59.5 Å². The molecule has 1 aromatic heterocycles. The van der Waals surface area contributed by atoms with Crippen LogP contribution >= 0.6 is 11.3 Å². The van der Waals surface area contributed by atoms with Gasteiger partial charge >= 0.3 is 5.97 Å². The molecule has 0 radical (unpaired) electrons. The highest BCUT2D eigenvalue weighted by atomic mass is 32.1. The van der Waals surface area contributed by atoms with Crippen LogP contribution in [0.5, 0.6) is 11.5 Å². The van der Waals surface area contributed by atoms with E-state index in [1.807, 2.05) is 47.8 Å². The van der Waals surface area contributed by atoms with Crippen molar-refractivity contribution >= 4 is 33.3 Å². The molecule has 0 saturated heterocycles. The van der Waals surface area contributed by atoms with Gasteiger partial charge in [0.25, 0.3) is 5.91 Å². The molecule has 1 N–H and O–H groups in total. The molecule has 1 heterocycles. The highest BCUT2D eigenvalue weighted by Crippen LogP contribution is 2.33. The number of para-hydroxylation sites is 1. The Kier molecular flexibility index (Phi) is 7.09. The topological polar surface area (TPSA) is 73.9 Å². The molecule has 0 fully saturated rings. The van der Waals surface area contributed by atoms with Crippen molar-refractivity contribution in [2.24, 2.45) is 0 Å². The van der Waals surface area contributed by atoms with Crippen LogP contribution in [-0.4, -0.2) is 36.2 Å². The summed E-state index contributed by atoms with van der Waals surface area (Å²) in [5, 5.41) is 5.58. The molecule has 3 rings (SSSR count). The van der Waals surface area contributed by atoms with Gasteiger partial charge in [0, 0.05) is 10.1 Å². The quantitative estimate of drug-likeness (QED) is 0.373. The zero-order chi connectivity index (χ0) is 23.4. The number of hydrogen-bond acceptors (Lipinski definition) is 6. The maximum atomic E-state index is 13.1. The lowest BCUT2D eigenvalue weighted by atomic mass is 10.0. The van der Waals surface area contributed by atoms with Gasteiger partial charge < -0.3 is 19.5 Å². The summed E-state index contributed by atoms with van der Waals surface area (Å²) < 4.78 is 18.2. The van der Waals surface area contributed by atoms with E-state index in [1.54, 1.807) is 52.0 Å². The molecule has 1 amide bonds. The summed E-state index contributed by atoms with van der Waals surface area (Å²) in [5.41, 5.74) is -1.50. The van der Waals surface area contributed by atoms with E-state index in [9.17, 15) is 9.59 Å². The van der Waals surface area contributed by atoms with Crippen molar-refractivity contribution in [1.29, 1.82) is 0 Å². The Hall–Kier alpha value is -3.06. The number of benzene rings is 2. The monoisotopic (exact) mass is 455 g/mol. The highest BCUT2D eigenvalue weighted by Gasteiger charge is 2.35. The Morgan fingerprint density at radius 2 is 1.59 bits per heavy atom. The Morgan fingerprint density at radius 1 is 0.906 bits per heavy atom. The van der Waals surface area contributed by atoms with Crippen LogP contribution in [0.3, 0.4) is 0 Å². The van der Waals surface area contributed by atoms with Crippen LogP contribution in [0.15, 0.2) is 53.9 Å². The molecule has 7 heteroatoms. The molecular formula is C25H29NO5S. The van der Waals surface area contributed by atoms with Crippen LogP contribution in [0, 0.1) is 0 Å². The van der Waals surface area contributed by atoms with Crippen molar-refractivity contribution < 1.29 is 23.8 Å². The second-order valence-corrected chi connectivity index (χ2v) is 9.81. The maximum absolute atomic E-state index is 13.1. The first-order chi connectivity index (χ1) is 15.1. The second-order valence-electron chi connectivity index (χ2n) is 8.87. The van der Waals surface area contributed by atoms with E-state index in [-0.39, 0.29) is 6.61 Å². The van der Waals surface area contributed by atoms with Crippen LogP contribution in [0.2, 0.25) is 0 Å². The average Bonchev–Trinajstić information content (AvgIpc) is 3.19. The molecule has 2 aromatic carbocycles. The van der Waals surface area contributed by atoms with Crippen molar-refractivity contribution in [1.82, 2.24) is 5.32 Å². The third-order valence-electron chi connectivity index (χ3n) is 4.51. The number of ether oxygens (including phenoxy) is 3. The normalized spacial score (nSPS) is 11.8. The molecular weight excluding hydrogens is 426 g/mol. The van der Waals surface area contributed by atoms with Gasteiger partial charge in [0.2, 0.25) is 0 Å². The molecule has 0 atom stereocenters. The Labute approximate surface area is 192 Å². The van der Waals surface area contributed by atoms with Crippen molar-refractivity contribution in [2.45, 2.75) is 45.8 Å². The molecule has 0 bridgehead atoms. The minimum atomic E-state index is -1.21. The lowest BCUT2D eigenvalue weighted by molar-refractivity contribution is -0.161. The molecule has 0 unspecified atom stereocenters. The molecule has 0 spiro atoms. The summed E-state index contributed by atoms with van der Waals surface area (Å²) >= 11 is 1.57. The van der Waals surface area contributed by atoms with Gasteiger partial charge in [0.05, 0.1) is 5.56 Å². The molecule has 6 nitrogen and oxygen atoms in total. The third-order valence-corrected chi connectivity index (χ3v) is 5.39. The van der Waals surface area contributed by atoms with Crippen LogP contribution < -0.4 is 14.8 Å². The fourth-order valence-corrected chi connectivity index (χ4v) is 3.76. The van der Waals surface area contributed by atoms with Gasteiger partial charge in [0.15, 0.2) is 0 Å². The second kappa shape index (κ2) is 9.61. The Balaban J connectivity index is 1.75. The number of amides is 1. The molecule has 3 aromatic rings. The smallest absolute Gasteiger partial charge is 0.331 e. The van der Waals surface area contributed by atoms with Gasteiger partial charge in [-0.1, -0.05) is 18.2 Å². The van der Waals surface area contributed by atoms with E-state index >= 15 is 0 Å². The zero-order valence-electron chi connectivity index (χ0n) is 19.1. The summed E-state index contributed by atoms with van der Waals surface area (Å²) in [6.45, 7) is 9.20. The third kappa shape index (κ3) is 6.01. The Morgan fingerprint density at radius 3 is 2.28 bits per heavy atom. The number of carbonyl (C=O) groups is 2. The number of esters is 1. The van der Waals surface area contributed by atoms with E-state index in [0.717, 1.165) is 15.8 Å². The van der Waals surface area contributed by atoms with E-state index < -0.39 is 23.0 Å². The van der Waals surface area contributed by atoms with E-state index in [0.29, 0.717) is 17.9 Å². The average molecular weight is 456 g/mol. The summed E-state index contributed by atoms with van der Waals surface area (Å²) in [6.07, 6.45) is 0. The summed E-state index contributed by atoms with van der Waals surface area (Å²) in [7, 11) is 0. The summed E-state index contributed by atoms with van der Waals surface area (Å²) in [5.74, 6) is 0.307. The molecule has 0 aliphatic heterocycles. The number of rotatable bonds is 8. The standard InChI is InChI=1S/C25H29NO5S/c1-24(2,3)31-23(28)25(4,5)26-22(27)19-11-12-20-18(13-16-32-20)21(19)30-15-14-29-17-9-7-6-8-10-17/h6-13,16H,14-15H2,1-5H3,(H,26,27). The number of hydrogen-bond donors (Lipinski definition) is 1. The predicted octanol–water partition coefficient (Wildman–Crippen LogP) is 5.21. The molecule has 32 heavy (non-hydrogen) atoms. The SMILES string of the molecule is CC(C)(C)OC(=O)C(C)(C)NC(=O)c1ccc2sccc2c1OCCOc1ccccc1. The summed E-state index contributed by atoms with van der Waals surface area (Å²) in [4.78, 5) is 25.7. The van der Waals surface area contributed by atoms with E-state index in [2.05, 4.69) is 5.32 Å². The fourth-order valence-electron chi connectivity index (χ4n) is 2.98. The van der Waals surface area contributed by atoms with Crippen molar-refractivity contribution in [3.63, 3.8) is 0 Å². The maximum Gasteiger partial charge on any atom is 0.331 e. The Bertz CT molecular complexity index is 1080. The molecule has 0 aliphatic carbocycles. The highest BCUT2D eigenvalue weighted by molar-refractivity contribution is 7.17. The van der Waals surface area contributed by atoms with Crippen molar-refractivity contribution in [3.8, 4) is 11.5 Å². The molecule has 170 valence electrons. The minimum absolute atomic E-state index is 0.263. The van der Waals surface area contributed by atoms with Gasteiger partial charge in [-0.3, -0.25) is 4.79 Å².